The molecule has 0 spiro atoms. The van der Waals surface area contributed by atoms with Gasteiger partial charge in [0.25, 0.3) is 0 Å². The van der Waals surface area contributed by atoms with Crippen molar-refractivity contribution in [2.24, 2.45) is 5.41 Å². The van der Waals surface area contributed by atoms with Gasteiger partial charge in [-0.2, -0.15) is 0 Å². The highest BCUT2D eigenvalue weighted by atomic mass is 79.9. The average molecular weight is 648 g/mol. The smallest absolute Gasteiger partial charge is 0.347 e. The van der Waals surface area contributed by atoms with Crippen molar-refractivity contribution in [2.75, 3.05) is 25.0 Å². The topological polar surface area (TPSA) is 85.9 Å². The van der Waals surface area contributed by atoms with E-state index in [0.717, 1.165) is 23.9 Å². The molecule has 10 heteroatoms. The molecule has 0 bridgehead atoms. The second-order valence-corrected chi connectivity index (χ2v) is 11.4. The fraction of sp³-hybridized carbons (Fsp3) is 0.185. The first-order valence-electron chi connectivity index (χ1n) is 11.2. The Hall–Kier alpha value is -3.08. The first kappa shape index (κ1) is 27.0. The standard InChI is InChI=1S/C27H24Br2N2O5S/c1-27(25(32)30-19-8-4-6-17(28)12-19,26(33)36-31-20-9-5-7-18(29)13-20)15-21-10-16-11-22(34-2)23(35-3)14-24(16)37-21/h4-14,31H,15H2,1-3H3,(H,30,32). The monoisotopic (exact) mass is 646 g/mol. The Balaban J connectivity index is 1.64. The maximum atomic E-state index is 13.6. The van der Waals surface area contributed by atoms with E-state index in [0.29, 0.717) is 22.9 Å². The van der Waals surface area contributed by atoms with Crippen LogP contribution in [0.3, 0.4) is 0 Å². The highest BCUT2D eigenvalue weighted by Crippen LogP contribution is 2.39. The summed E-state index contributed by atoms with van der Waals surface area (Å²) >= 11 is 8.28. The van der Waals surface area contributed by atoms with Gasteiger partial charge in [-0.05, 0) is 60.8 Å². The second-order valence-electron chi connectivity index (χ2n) is 8.43. The lowest BCUT2D eigenvalue weighted by molar-refractivity contribution is -0.155. The lowest BCUT2D eigenvalue weighted by Gasteiger charge is -2.25. The molecule has 2 N–H and O–H groups in total. The van der Waals surface area contributed by atoms with Gasteiger partial charge in [-0.3, -0.25) is 4.79 Å². The molecule has 1 unspecified atom stereocenters. The average Bonchev–Trinajstić information content (AvgIpc) is 3.27. The van der Waals surface area contributed by atoms with Crippen LogP contribution in [-0.4, -0.2) is 26.1 Å². The minimum atomic E-state index is -1.55. The van der Waals surface area contributed by atoms with E-state index in [9.17, 15) is 9.59 Å². The molecule has 3 aromatic carbocycles. The third kappa shape index (κ3) is 6.26. The number of anilines is 2. The van der Waals surface area contributed by atoms with E-state index in [1.54, 1.807) is 57.5 Å². The van der Waals surface area contributed by atoms with Gasteiger partial charge in [0, 0.05) is 36.7 Å². The van der Waals surface area contributed by atoms with Gasteiger partial charge in [-0.1, -0.05) is 44.0 Å². The number of carbonyl (C=O) groups excluding carboxylic acids is 2. The quantitative estimate of drug-likeness (QED) is 0.148. The van der Waals surface area contributed by atoms with Crippen molar-refractivity contribution >= 4 is 76.5 Å². The first-order valence-corrected chi connectivity index (χ1v) is 13.6. The molecule has 1 amide bonds. The molecule has 0 saturated heterocycles. The molecule has 4 rings (SSSR count). The Morgan fingerprint density at radius 2 is 1.51 bits per heavy atom. The van der Waals surface area contributed by atoms with E-state index in [1.807, 2.05) is 30.3 Å². The summed E-state index contributed by atoms with van der Waals surface area (Å²) < 4.78 is 13.4. The van der Waals surface area contributed by atoms with Gasteiger partial charge in [0.1, 0.15) is 0 Å². The van der Waals surface area contributed by atoms with Crippen molar-refractivity contribution in [1.82, 2.24) is 0 Å². The molecule has 7 nitrogen and oxygen atoms in total. The van der Waals surface area contributed by atoms with Gasteiger partial charge in [-0.15, -0.1) is 11.3 Å². The number of ether oxygens (including phenoxy) is 2. The number of methoxy groups -OCH3 is 2. The van der Waals surface area contributed by atoms with Crippen LogP contribution >= 0.6 is 43.2 Å². The van der Waals surface area contributed by atoms with E-state index >= 15 is 0 Å². The summed E-state index contributed by atoms with van der Waals surface area (Å²) in [5.74, 6) is 0.00943. The number of thiophene rings is 1. The van der Waals surface area contributed by atoms with E-state index in [2.05, 4.69) is 42.7 Å². The molecule has 0 aliphatic carbocycles. The van der Waals surface area contributed by atoms with Crippen molar-refractivity contribution in [1.29, 1.82) is 0 Å². The van der Waals surface area contributed by atoms with Crippen molar-refractivity contribution in [3.05, 3.63) is 80.6 Å². The third-order valence-electron chi connectivity index (χ3n) is 5.72. The largest absolute Gasteiger partial charge is 0.493 e. The normalized spacial score (nSPS) is 12.5. The Morgan fingerprint density at radius 1 is 0.892 bits per heavy atom. The van der Waals surface area contributed by atoms with Gasteiger partial charge in [0.2, 0.25) is 5.91 Å². The van der Waals surface area contributed by atoms with Crippen molar-refractivity contribution in [2.45, 2.75) is 13.3 Å². The summed E-state index contributed by atoms with van der Waals surface area (Å²) in [6, 6.07) is 20.1. The predicted molar refractivity (Wildman–Crippen MR) is 153 cm³/mol. The van der Waals surface area contributed by atoms with Crippen LogP contribution in [0, 0.1) is 5.41 Å². The number of benzene rings is 3. The second kappa shape index (κ2) is 11.5. The fourth-order valence-electron chi connectivity index (χ4n) is 3.71. The molecule has 1 atom stereocenters. The number of carbonyl (C=O) groups is 2. The number of amides is 1. The summed E-state index contributed by atoms with van der Waals surface area (Å²) in [6.45, 7) is 1.58. The van der Waals surface area contributed by atoms with Crippen LogP contribution in [0.1, 0.15) is 11.8 Å². The summed E-state index contributed by atoms with van der Waals surface area (Å²) in [5, 5.41) is 3.79. The molecule has 0 aliphatic rings. The summed E-state index contributed by atoms with van der Waals surface area (Å²) in [4.78, 5) is 33.3. The molecule has 1 aromatic heterocycles. The van der Waals surface area contributed by atoms with E-state index in [1.165, 1.54) is 11.3 Å². The molecule has 37 heavy (non-hydrogen) atoms. The first-order chi connectivity index (χ1) is 17.7. The van der Waals surface area contributed by atoms with Crippen LogP contribution < -0.4 is 20.3 Å². The molecular weight excluding hydrogens is 624 g/mol. The number of halogens is 2. The van der Waals surface area contributed by atoms with Crippen LogP contribution in [0.4, 0.5) is 11.4 Å². The Labute approximate surface area is 235 Å². The number of hydrogen-bond acceptors (Lipinski definition) is 7. The molecule has 0 fully saturated rings. The molecule has 1 heterocycles. The zero-order chi connectivity index (χ0) is 26.6. The minimum absolute atomic E-state index is 0.121. The van der Waals surface area contributed by atoms with Crippen LogP contribution in [0.15, 0.2) is 75.7 Å². The maximum absolute atomic E-state index is 13.6. The number of fused-ring (bicyclic) bond motifs is 1. The Kier molecular flexibility index (Phi) is 8.41. The number of nitrogens with one attached hydrogen (secondary N) is 2. The summed E-state index contributed by atoms with van der Waals surface area (Å²) in [7, 11) is 3.16. The van der Waals surface area contributed by atoms with Crippen LogP contribution in [0.2, 0.25) is 0 Å². The molecular formula is C27H24Br2N2O5S. The highest BCUT2D eigenvalue weighted by molar-refractivity contribution is 9.10. The van der Waals surface area contributed by atoms with Gasteiger partial charge in [0.05, 0.1) is 19.9 Å². The Bertz CT molecular complexity index is 1420. The van der Waals surface area contributed by atoms with Crippen LogP contribution in [-0.2, 0) is 20.8 Å². The predicted octanol–water partition coefficient (Wildman–Crippen LogP) is 7.20. The molecule has 0 saturated carbocycles. The third-order valence-corrected chi connectivity index (χ3v) is 7.81. The highest BCUT2D eigenvalue weighted by Gasteiger charge is 2.44. The lowest BCUT2D eigenvalue weighted by atomic mass is 9.85. The van der Waals surface area contributed by atoms with Crippen molar-refractivity contribution < 1.29 is 23.9 Å². The maximum Gasteiger partial charge on any atom is 0.347 e. The molecule has 4 aromatic rings. The molecule has 0 radical (unpaired) electrons. The van der Waals surface area contributed by atoms with Crippen molar-refractivity contribution in [3.8, 4) is 11.5 Å². The van der Waals surface area contributed by atoms with E-state index < -0.39 is 17.3 Å². The van der Waals surface area contributed by atoms with Crippen LogP contribution in [0.5, 0.6) is 11.5 Å². The van der Waals surface area contributed by atoms with Crippen LogP contribution in [0.25, 0.3) is 10.1 Å². The van der Waals surface area contributed by atoms with E-state index in [-0.39, 0.29) is 6.42 Å². The number of hydrogen-bond donors (Lipinski definition) is 2. The van der Waals surface area contributed by atoms with Crippen molar-refractivity contribution in [3.63, 3.8) is 0 Å². The summed E-state index contributed by atoms with van der Waals surface area (Å²) in [6.07, 6.45) is 0.121. The van der Waals surface area contributed by atoms with Gasteiger partial charge in [-0.25, -0.2) is 10.3 Å². The molecule has 192 valence electrons. The van der Waals surface area contributed by atoms with Gasteiger partial charge < -0.3 is 19.6 Å². The Morgan fingerprint density at radius 3 is 2.16 bits per heavy atom. The lowest BCUT2D eigenvalue weighted by Crippen LogP contribution is -2.44. The zero-order valence-electron chi connectivity index (χ0n) is 20.3. The minimum Gasteiger partial charge on any atom is -0.493 e. The van der Waals surface area contributed by atoms with E-state index in [4.69, 9.17) is 14.3 Å². The molecule has 0 aliphatic heterocycles. The van der Waals surface area contributed by atoms with Gasteiger partial charge in [0.15, 0.2) is 16.9 Å². The van der Waals surface area contributed by atoms with Gasteiger partial charge >= 0.3 is 5.97 Å². The zero-order valence-corrected chi connectivity index (χ0v) is 24.3. The summed E-state index contributed by atoms with van der Waals surface area (Å²) in [5.41, 5.74) is 2.25. The fourth-order valence-corrected chi connectivity index (χ4v) is 5.74. The number of rotatable bonds is 9. The SMILES string of the molecule is COc1cc2cc(CC(C)(C(=O)Nc3cccc(Br)c3)C(=O)ONc3cccc(Br)c3)sc2cc1OC.